The topological polar surface area (TPSA) is 74.2 Å². The summed E-state index contributed by atoms with van der Waals surface area (Å²) in [6, 6.07) is 23.2. The first kappa shape index (κ1) is 27.5. The van der Waals surface area contributed by atoms with Crippen molar-refractivity contribution in [3.05, 3.63) is 95.1 Å². The van der Waals surface area contributed by atoms with Crippen LogP contribution in [0.15, 0.2) is 72.8 Å². The molecule has 1 N–H and O–H groups in total. The Morgan fingerprint density at radius 1 is 0.875 bits per heavy atom. The van der Waals surface area contributed by atoms with Crippen molar-refractivity contribution in [1.29, 1.82) is 0 Å². The molecule has 0 unspecified atom stereocenters. The number of rotatable bonds is 9. The summed E-state index contributed by atoms with van der Waals surface area (Å²) in [6.45, 7) is 2.48. The zero-order chi connectivity index (χ0) is 27.7. The Morgan fingerprint density at radius 2 is 1.52 bits per heavy atom. The lowest BCUT2D eigenvalue weighted by Gasteiger charge is -2.50. The van der Waals surface area contributed by atoms with Crippen LogP contribution >= 0.6 is 7.82 Å². The fourth-order valence-corrected chi connectivity index (χ4v) is 8.63. The Bertz CT molecular complexity index is 1310. The third-order valence-corrected chi connectivity index (χ3v) is 10.9. The van der Waals surface area contributed by atoms with Crippen LogP contribution in [0, 0.1) is 17.3 Å². The van der Waals surface area contributed by atoms with Gasteiger partial charge in [-0.2, -0.15) is 0 Å². The van der Waals surface area contributed by atoms with Crippen LogP contribution in [0.4, 0.5) is 0 Å². The first-order valence-electron chi connectivity index (χ1n) is 14.4. The highest BCUT2D eigenvalue weighted by molar-refractivity contribution is 7.48. The molecule has 0 aliphatic heterocycles. The number of aryl methyl sites for hydroxylation is 1. The van der Waals surface area contributed by atoms with E-state index in [9.17, 15) is 9.67 Å². The third-order valence-electron chi connectivity index (χ3n) is 9.63. The molecule has 3 aromatic rings. The molecule has 0 radical (unpaired) electrons. The van der Waals surface area contributed by atoms with E-state index >= 15 is 0 Å². The second kappa shape index (κ2) is 11.3. The molecule has 0 aromatic heterocycles. The van der Waals surface area contributed by atoms with Crippen LogP contribution in [0.1, 0.15) is 67.2 Å². The maximum Gasteiger partial charge on any atom is 0.530 e. The number of ether oxygens (including phenoxy) is 1. The molecule has 0 bridgehead atoms. The largest absolute Gasteiger partial charge is 0.530 e. The highest BCUT2D eigenvalue weighted by Gasteiger charge is 2.54. The summed E-state index contributed by atoms with van der Waals surface area (Å²) < 4.78 is 37.7. The number of hydrogen-bond donors (Lipinski definition) is 1. The van der Waals surface area contributed by atoms with Gasteiger partial charge in [-0.3, -0.25) is 9.05 Å². The van der Waals surface area contributed by atoms with Gasteiger partial charge in [-0.25, -0.2) is 4.57 Å². The lowest BCUT2D eigenvalue weighted by Crippen LogP contribution is -2.43. The summed E-state index contributed by atoms with van der Waals surface area (Å²) in [5.74, 6) is 2.46. The highest BCUT2D eigenvalue weighted by Crippen LogP contribution is 2.62. The summed E-state index contributed by atoms with van der Waals surface area (Å²) in [4.78, 5) is 0. The first-order chi connectivity index (χ1) is 19.4. The normalized spacial score (nSPS) is 27.4. The quantitative estimate of drug-likeness (QED) is 0.268. The number of hydrogen-bond acceptors (Lipinski definition) is 6. The van der Waals surface area contributed by atoms with Crippen LogP contribution in [0.2, 0.25) is 0 Å². The highest BCUT2D eigenvalue weighted by atomic mass is 31.2. The van der Waals surface area contributed by atoms with E-state index in [1.165, 1.54) is 11.1 Å². The molecule has 2 saturated carbocycles. The SMILES string of the molecule is COc1cc2c(cc1OP(=O)(OCc1ccccc1)OCc1ccccc1)CC[C@@H]1[C@@H]2CC[C@]2(C)[C@@H](O)CC[C@@H]12. The van der Waals surface area contributed by atoms with Gasteiger partial charge >= 0.3 is 7.82 Å². The number of aliphatic hydroxyl groups excluding tert-OH is 1. The fraction of sp³-hybridized carbons (Fsp3) is 0.455. The smallest absolute Gasteiger partial charge is 0.493 e. The Labute approximate surface area is 237 Å². The van der Waals surface area contributed by atoms with Gasteiger partial charge in [-0.1, -0.05) is 67.6 Å². The molecule has 0 heterocycles. The molecule has 6 nitrogen and oxygen atoms in total. The predicted octanol–water partition coefficient (Wildman–Crippen LogP) is 7.83. The van der Waals surface area contributed by atoms with Crippen molar-refractivity contribution in [2.75, 3.05) is 7.11 Å². The van der Waals surface area contributed by atoms with Crippen molar-refractivity contribution in [3.63, 3.8) is 0 Å². The molecular weight excluding hydrogens is 523 g/mol. The van der Waals surface area contributed by atoms with E-state index in [0.29, 0.717) is 29.3 Å². The van der Waals surface area contributed by atoms with Gasteiger partial charge in [0.15, 0.2) is 11.5 Å². The van der Waals surface area contributed by atoms with Crippen molar-refractivity contribution in [2.45, 2.75) is 70.7 Å². The molecule has 0 spiro atoms. The Kier molecular flexibility index (Phi) is 7.80. The van der Waals surface area contributed by atoms with E-state index in [0.717, 1.165) is 49.7 Å². The number of phosphoric acid groups is 1. The predicted molar refractivity (Wildman–Crippen MR) is 154 cm³/mol. The summed E-state index contributed by atoms with van der Waals surface area (Å²) in [5.41, 5.74) is 4.29. The standard InChI is InChI=1S/C33H39O6P/c1-33-18-17-26-27(29(33)15-16-32(33)34)14-13-25-19-31(30(36-2)20-28(25)26)39-40(35,37-21-23-9-5-3-6-10-23)38-22-24-11-7-4-8-12-24/h3-12,19-20,26-27,29,32,34H,13-18,21-22H2,1-2H3/t26-,27+,29-,32-,33-/m0/s1. The summed E-state index contributed by atoms with van der Waals surface area (Å²) in [6.07, 6.45) is 5.93. The molecule has 3 aliphatic rings. The molecular formula is C33H39O6P. The molecule has 2 fully saturated rings. The summed E-state index contributed by atoms with van der Waals surface area (Å²) >= 11 is 0. The van der Waals surface area contributed by atoms with E-state index < -0.39 is 7.82 Å². The average molecular weight is 563 g/mol. The number of aliphatic hydroxyl groups is 1. The zero-order valence-corrected chi connectivity index (χ0v) is 24.2. The Balaban J connectivity index is 1.26. The second-order valence-electron chi connectivity index (χ2n) is 11.8. The molecule has 3 aliphatic carbocycles. The van der Waals surface area contributed by atoms with Crippen LogP contribution in [0.25, 0.3) is 0 Å². The van der Waals surface area contributed by atoms with Crippen molar-refractivity contribution in [1.82, 2.24) is 0 Å². The first-order valence-corrected chi connectivity index (χ1v) is 15.9. The molecule has 5 atom stereocenters. The van der Waals surface area contributed by atoms with E-state index in [4.69, 9.17) is 18.3 Å². The number of benzene rings is 3. The van der Waals surface area contributed by atoms with Gasteiger partial charge in [0.1, 0.15) is 0 Å². The lowest BCUT2D eigenvalue weighted by molar-refractivity contribution is -0.0226. The molecule has 212 valence electrons. The minimum Gasteiger partial charge on any atom is -0.493 e. The zero-order valence-electron chi connectivity index (χ0n) is 23.3. The van der Waals surface area contributed by atoms with Gasteiger partial charge < -0.3 is 14.4 Å². The molecule has 3 aromatic carbocycles. The number of fused-ring (bicyclic) bond motifs is 5. The van der Waals surface area contributed by atoms with Gasteiger partial charge in [0.25, 0.3) is 0 Å². The van der Waals surface area contributed by atoms with E-state index in [1.54, 1.807) is 7.11 Å². The minimum absolute atomic E-state index is 0.0324. The van der Waals surface area contributed by atoms with E-state index in [1.807, 2.05) is 66.7 Å². The monoisotopic (exact) mass is 562 g/mol. The molecule has 7 heteroatoms. The van der Waals surface area contributed by atoms with Crippen molar-refractivity contribution < 1.29 is 28.0 Å². The van der Waals surface area contributed by atoms with E-state index in [2.05, 4.69) is 13.0 Å². The fourth-order valence-electron chi connectivity index (χ4n) is 7.45. The second-order valence-corrected chi connectivity index (χ2v) is 13.4. The van der Waals surface area contributed by atoms with Crippen molar-refractivity contribution in [2.24, 2.45) is 17.3 Å². The van der Waals surface area contributed by atoms with Crippen LogP contribution in [0.3, 0.4) is 0 Å². The van der Waals surface area contributed by atoms with Crippen molar-refractivity contribution >= 4 is 7.82 Å². The van der Waals surface area contributed by atoms with Crippen LogP contribution in [-0.4, -0.2) is 18.3 Å². The summed E-state index contributed by atoms with van der Waals surface area (Å²) in [5, 5.41) is 10.7. The van der Waals surface area contributed by atoms with Gasteiger partial charge in [-0.15, -0.1) is 0 Å². The Morgan fingerprint density at radius 3 is 2.15 bits per heavy atom. The summed E-state index contributed by atoms with van der Waals surface area (Å²) in [7, 11) is -2.40. The average Bonchev–Trinajstić information content (AvgIpc) is 3.29. The lowest BCUT2D eigenvalue weighted by atomic mass is 9.55. The Hall–Kier alpha value is -2.63. The molecule has 40 heavy (non-hydrogen) atoms. The number of methoxy groups -OCH3 is 1. The maximum absolute atomic E-state index is 14.0. The van der Waals surface area contributed by atoms with Gasteiger partial charge in [0.2, 0.25) is 0 Å². The van der Waals surface area contributed by atoms with Gasteiger partial charge in [0, 0.05) is 0 Å². The van der Waals surface area contributed by atoms with Crippen LogP contribution in [-0.2, 0) is 33.2 Å². The molecule has 6 rings (SSSR count). The van der Waals surface area contributed by atoms with Crippen molar-refractivity contribution in [3.8, 4) is 11.5 Å². The number of phosphoric ester groups is 1. The molecule has 0 amide bonds. The van der Waals surface area contributed by atoms with Crippen LogP contribution in [0.5, 0.6) is 11.5 Å². The molecule has 0 saturated heterocycles. The minimum atomic E-state index is -4.02. The van der Waals surface area contributed by atoms with Gasteiger partial charge in [-0.05, 0) is 96.1 Å². The van der Waals surface area contributed by atoms with Gasteiger partial charge in [0.05, 0.1) is 26.4 Å². The van der Waals surface area contributed by atoms with Crippen LogP contribution < -0.4 is 9.26 Å². The van der Waals surface area contributed by atoms with E-state index in [-0.39, 0.29) is 24.7 Å². The third kappa shape index (κ3) is 5.35. The maximum atomic E-state index is 14.0.